The van der Waals surface area contributed by atoms with E-state index in [-0.39, 0.29) is 0 Å². The van der Waals surface area contributed by atoms with Crippen LogP contribution in [0, 0.1) is 0 Å². The molecule has 0 aliphatic rings. The van der Waals surface area contributed by atoms with Gasteiger partial charge < -0.3 is 4.74 Å². The lowest BCUT2D eigenvalue weighted by atomic mass is 10.1. The molecule has 0 heterocycles. The minimum Gasteiger partial charge on any atom is -0.382 e. The minimum absolute atomic E-state index is 0.824. The number of nitrogens with zero attached hydrogens (tertiary/aromatic N) is 1. The Bertz CT molecular complexity index is 180. The Balaban J connectivity index is 3.70. The second-order valence-electron chi connectivity index (χ2n) is 4.68. The van der Waals surface area contributed by atoms with Gasteiger partial charge in [-0.05, 0) is 45.7 Å². The second kappa shape index (κ2) is 12.1. The Kier molecular flexibility index (Phi) is 11.9. The molecule has 0 radical (unpaired) electrons. The van der Waals surface area contributed by atoms with Crippen LogP contribution < -0.4 is 0 Å². The van der Waals surface area contributed by atoms with Crippen molar-refractivity contribution in [1.82, 2.24) is 4.90 Å². The zero-order valence-corrected chi connectivity index (χ0v) is 12.1. The van der Waals surface area contributed by atoms with Crippen molar-refractivity contribution in [3.05, 3.63) is 12.2 Å². The van der Waals surface area contributed by atoms with Crippen LogP contribution in [0.25, 0.3) is 0 Å². The molecule has 0 amide bonds. The minimum atomic E-state index is 0.824. The van der Waals surface area contributed by atoms with Gasteiger partial charge in [0.25, 0.3) is 0 Å². The van der Waals surface area contributed by atoms with Gasteiger partial charge in [0.15, 0.2) is 0 Å². The lowest BCUT2D eigenvalue weighted by Gasteiger charge is -2.22. The summed E-state index contributed by atoms with van der Waals surface area (Å²) < 4.78 is 5.35. The molecule has 17 heavy (non-hydrogen) atoms. The summed E-state index contributed by atoms with van der Waals surface area (Å²) >= 11 is 0. The zero-order valence-electron chi connectivity index (χ0n) is 12.1. The zero-order chi connectivity index (χ0) is 12.9. The van der Waals surface area contributed by atoms with E-state index in [4.69, 9.17) is 4.74 Å². The van der Waals surface area contributed by atoms with Gasteiger partial charge in [-0.1, -0.05) is 32.4 Å². The van der Waals surface area contributed by atoms with E-state index in [1.54, 1.807) is 0 Å². The van der Waals surface area contributed by atoms with Gasteiger partial charge in [-0.3, -0.25) is 4.90 Å². The van der Waals surface area contributed by atoms with Crippen molar-refractivity contribution in [1.29, 1.82) is 0 Å². The van der Waals surface area contributed by atoms with Gasteiger partial charge in [-0.25, -0.2) is 0 Å². The van der Waals surface area contributed by atoms with Crippen molar-refractivity contribution in [2.75, 3.05) is 32.8 Å². The van der Waals surface area contributed by atoms with Crippen molar-refractivity contribution >= 4 is 0 Å². The smallest absolute Gasteiger partial charge is 0.0468 e. The van der Waals surface area contributed by atoms with Crippen LogP contribution in [0.4, 0.5) is 0 Å². The van der Waals surface area contributed by atoms with Crippen LogP contribution in [-0.4, -0.2) is 37.7 Å². The lowest BCUT2D eigenvalue weighted by molar-refractivity contribution is 0.144. The van der Waals surface area contributed by atoms with Crippen LogP contribution >= 0.6 is 0 Å². The fourth-order valence-corrected chi connectivity index (χ4v) is 1.93. The Hall–Kier alpha value is -0.340. The first-order chi connectivity index (χ1) is 8.24. The average molecular weight is 241 g/mol. The molecule has 0 aromatic rings. The fourth-order valence-electron chi connectivity index (χ4n) is 1.93. The molecular weight excluding hydrogens is 210 g/mol. The monoisotopic (exact) mass is 241 g/mol. The molecule has 0 fully saturated rings. The number of hydrogen-bond acceptors (Lipinski definition) is 2. The molecule has 0 N–H and O–H groups in total. The Morgan fingerprint density at radius 3 is 2.41 bits per heavy atom. The van der Waals surface area contributed by atoms with Gasteiger partial charge in [-0.2, -0.15) is 0 Å². The first kappa shape index (κ1) is 16.7. The first-order valence-electron chi connectivity index (χ1n) is 7.21. The van der Waals surface area contributed by atoms with Crippen molar-refractivity contribution in [2.45, 2.75) is 52.9 Å². The molecule has 0 spiro atoms. The van der Waals surface area contributed by atoms with E-state index in [1.165, 1.54) is 37.9 Å². The summed E-state index contributed by atoms with van der Waals surface area (Å²) in [4.78, 5) is 2.53. The molecule has 2 nitrogen and oxygen atoms in total. The van der Waals surface area contributed by atoms with E-state index >= 15 is 0 Å². The van der Waals surface area contributed by atoms with Crippen LogP contribution in [0.1, 0.15) is 52.9 Å². The molecule has 0 aromatic carbocycles. The quantitative estimate of drug-likeness (QED) is 0.380. The molecule has 0 rings (SSSR count). The molecule has 0 aromatic heterocycles. The van der Waals surface area contributed by atoms with Crippen LogP contribution in [0.2, 0.25) is 0 Å². The molecule has 0 bridgehead atoms. The van der Waals surface area contributed by atoms with E-state index in [0.717, 1.165) is 32.6 Å². The standard InChI is InChI=1S/C15H31NO/c1-5-8-12-16(11-6-2)14-15(4)10-9-13-17-7-3/h4-14H2,1-3H3. The van der Waals surface area contributed by atoms with Crippen LogP contribution in [0.15, 0.2) is 12.2 Å². The Labute approximate surface area is 108 Å². The summed E-state index contributed by atoms with van der Waals surface area (Å²) in [6.45, 7) is 15.9. The van der Waals surface area contributed by atoms with Crippen LogP contribution in [-0.2, 0) is 4.74 Å². The Morgan fingerprint density at radius 2 is 1.82 bits per heavy atom. The summed E-state index contributed by atoms with van der Waals surface area (Å²) in [6, 6.07) is 0. The summed E-state index contributed by atoms with van der Waals surface area (Å²) in [6.07, 6.45) is 6.02. The highest BCUT2D eigenvalue weighted by Gasteiger charge is 2.05. The van der Waals surface area contributed by atoms with Crippen molar-refractivity contribution in [3.63, 3.8) is 0 Å². The molecule has 0 saturated carbocycles. The maximum atomic E-state index is 5.35. The maximum Gasteiger partial charge on any atom is 0.0468 e. The largest absolute Gasteiger partial charge is 0.382 e. The van der Waals surface area contributed by atoms with E-state index < -0.39 is 0 Å². The van der Waals surface area contributed by atoms with E-state index in [0.29, 0.717) is 0 Å². The third-order valence-corrected chi connectivity index (χ3v) is 2.84. The highest BCUT2D eigenvalue weighted by atomic mass is 16.5. The molecule has 0 saturated heterocycles. The van der Waals surface area contributed by atoms with E-state index in [2.05, 4.69) is 25.3 Å². The highest BCUT2D eigenvalue weighted by molar-refractivity contribution is 4.97. The van der Waals surface area contributed by atoms with E-state index in [1.807, 2.05) is 6.92 Å². The number of unbranched alkanes of at least 4 members (excludes halogenated alkanes) is 1. The van der Waals surface area contributed by atoms with Crippen molar-refractivity contribution < 1.29 is 4.74 Å². The molecule has 0 unspecified atom stereocenters. The highest BCUT2D eigenvalue weighted by Crippen LogP contribution is 2.07. The van der Waals surface area contributed by atoms with Gasteiger partial charge in [0.1, 0.15) is 0 Å². The topological polar surface area (TPSA) is 12.5 Å². The number of ether oxygens (including phenoxy) is 1. The summed E-state index contributed by atoms with van der Waals surface area (Å²) in [5.41, 5.74) is 1.36. The van der Waals surface area contributed by atoms with Gasteiger partial charge in [-0.15, -0.1) is 0 Å². The van der Waals surface area contributed by atoms with Gasteiger partial charge in [0.05, 0.1) is 0 Å². The molecule has 102 valence electrons. The molecule has 0 atom stereocenters. The predicted molar refractivity (Wildman–Crippen MR) is 76.5 cm³/mol. The molecule has 0 aliphatic heterocycles. The summed E-state index contributed by atoms with van der Waals surface area (Å²) in [5, 5.41) is 0. The Morgan fingerprint density at radius 1 is 1.06 bits per heavy atom. The van der Waals surface area contributed by atoms with E-state index in [9.17, 15) is 0 Å². The number of hydrogen-bond donors (Lipinski definition) is 0. The normalized spacial score (nSPS) is 11.1. The summed E-state index contributed by atoms with van der Waals surface area (Å²) in [7, 11) is 0. The third-order valence-electron chi connectivity index (χ3n) is 2.84. The van der Waals surface area contributed by atoms with Gasteiger partial charge in [0, 0.05) is 19.8 Å². The fraction of sp³-hybridized carbons (Fsp3) is 0.867. The van der Waals surface area contributed by atoms with Crippen molar-refractivity contribution in [3.8, 4) is 0 Å². The van der Waals surface area contributed by atoms with Crippen LogP contribution in [0.5, 0.6) is 0 Å². The molecule has 2 heteroatoms. The average Bonchev–Trinajstić information content (AvgIpc) is 2.32. The number of rotatable bonds is 12. The van der Waals surface area contributed by atoms with Gasteiger partial charge >= 0.3 is 0 Å². The summed E-state index contributed by atoms with van der Waals surface area (Å²) in [5.74, 6) is 0. The van der Waals surface area contributed by atoms with Gasteiger partial charge in [0.2, 0.25) is 0 Å². The second-order valence-corrected chi connectivity index (χ2v) is 4.68. The van der Waals surface area contributed by atoms with Crippen molar-refractivity contribution in [2.24, 2.45) is 0 Å². The first-order valence-corrected chi connectivity index (χ1v) is 7.21. The SMILES string of the molecule is C=C(CCCOCC)CN(CCC)CCCC. The lowest BCUT2D eigenvalue weighted by Crippen LogP contribution is -2.27. The predicted octanol–water partition coefficient (Wildman–Crippen LogP) is 3.87. The third kappa shape index (κ3) is 10.5. The maximum absolute atomic E-state index is 5.35. The molecular formula is C15H31NO. The molecule has 0 aliphatic carbocycles. The van der Waals surface area contributed by atoms with Crippen LogP contribution in [0.3, 0.4) is 0 Å².